The molecule has 1 rings (SSSR count). The summed E-state index contributed by atoms with van der Waals surface area (Å²) in [5.41, 5.74) is 5.64. The Kier molecular flexibility index (Phi) is 4.70. The maximum atomic E-state index is 11.7. The topological polar surface area (TPSA) is 87.5 Å². The van der Waals surface area contributed by atoms with Crippen molar-refractivity contribution in [1.29, 1.82) is 0 Å². The monoisotopic (exact) mass is 228 g/mol. The highest BCUT2D eigenvalue weighted by atomic mass is 16.2. The van der Waals surface area contributed by atoms with Gasteiger partial charge in [-0.1, -0.05) is 0 Å². The molecule has 0 bridgehead atoms. The van der Waals surface area contributed by atoms with Crippen LogP contribution in [0.4, 0.5) is 4.79 Å². The molecule has 6 heteroatoms. The van der Waals surface area contributed by atoms with Crippen molar-refractivity contribution in [2.75, 3.05) is 20.1 Å². The second kappa shape index (κ2) is 5.81. The minimum Gasteiger partial charge on any atom is -0.341 e. The fraction of sp³-hybridized carbons (Fsp3) is 0.800. The van der Waals surface area contributed by atoms with Gasteiger partial charge in [-0.25, -0.2) is 4.79 Å². The smallest absolute Gasteiger partial charge is 0.321 e. The molecule has 0 radical (unpaired) electrons. The number of nitrogens with two attached hydrogens (primary N) is 1. The Bertz CT molecular complexity index is 270. The number of carbonyl (C=O) groups excluding carboxylic acids is 2. The average molecular weight is 228 g/mol. The average Bonchev–Trinajstić information content (AvgIpc) is 2.75. The number of nitrogens with zero attached hydrogens (tertiary/aromatic N) is 1. The molecule has 1 saturated heterocycles. The lowest BCUT2D eigenvalue weighted by atomic mass is 10.2. The van der Waals surface area contributed by atoms with Gasteiger partial charge in [-0.15, -0.1) is 0 Å². The molecule has 0 aromatic rings. The van der Waals surface area contributed by atoms with Crippen LogP contribution in [-0.4, -0.2) is 49.1 Å². The third kappa shape index (κ3) is 2.93. The molecule has 6 nitrogen and oxygen atoms in total. The Balaban J connectivity index is 2.52. The van der Waals surface area contributed by atoms with Gasteiger partial charge >= 0.3 is 6.03 Å². The molecule has 1 heterocycles. The molecule has 0 spiro atoms. The van der Waals surface area contributed by atoms with Crippen molar-refractivity contribution in [2.24, 2.45) is 5.73 Å². The van der Waals surface area contributed by atoms with E-state index < -0.39 is 6.03 Å². The lowest BCUT2D eigenvalue weighted by Crippen LogP contribution is -2.51. The number of imide groups is 1. The number of rotatable bonds is 3. The summed E-state index contributed by atoms with van der Waals surface area (Å²) in [5.74, 6) is -0.278. The predicted octanol–water partition coefficient (Wildman–Crippen LogP) is -0.746. The van der Waals surface area contributed by atoms with Crippen LogP contribution in [-0.2, 0) is 4.79 Å². The van der Waals surface area contributed by atoms with Crippen LogP contribution >= 0.6 is 0 Å². The predicted molar refractivity (Wildman–Crippen MR) is 60.8 cm³/mol. The maximum Gasteiger partial charge on any atom is 0.321 e. The molecular weight excluding hydrogens is 208 g/mol. The highest BCUT2D eigenvalue weighted by Gasteiger charge is 2.31. The van der Waals surface area contributed by atoms with E-state index >= 15 is 0 Å². The van der Waals surface area contributed by atoms with Gasteiger partial charge in [-0.05, 0) is 26.3 Å². The normalized spacial score (nSPS) is 22.8. The van der Waals surface area contributed by atoms with Gasteiger partial charge in [0, 0.05) is 19.6 Å². The SMILES string of the molecule is CNC(=O)NC(=O)C(C)N1CCCC1CN. The van der Waals surface area contributed by atoms with Crippen LogP contribution in [0, 0.1) is 0 Å². The van der Waals surface area contributed by atoms with E-state index in [1.165, 1.54) is 7.05 Å². The Hall–Kier alpha value is -1.14. The molecular formula is C10H20N4O2. The van der Waals surface area contributed by atoms with Gasteiger partial charge in [0.1, 0.15) is 0 Å². The Morgan fingerprint density at radius 3 is 2.81 bits per heavy atom. The third-order valence-corrected chi connectivity index (χ3v) is 3.04. The minimum atomic E-state index is -0.472. The first-order valence-electron chi connectivity index (χ1n) is 5.58. The molecule has 0 saturated carbocycles. The summed E-state index contributed by atoms with van der Waals surface area (Å²) in [6, 6.07) is -0.529. The third-order valence-electron chi connectivity index (χ3n) is 3.04. The van der Waals surface area contributed by atoms with Crippen molar-refractivity contribution in [3.63, 3.8) is 0 Å². The first-order chi connectivity index (χ1) is 7.60. The molecule has 1 fully saturated rings. The van der Waals surface area contributed by atoms with Crippen LogP contribution in [0.2, 0.25) is 0 Å². The zero-order chi connectivity index (χ0) is 12.1. The van der Waals surface area contributed by atoms with Gasteiger partial charge < -0.3 is 11.1 Å². The fourth-order valence-corrected chi connectivity index (χ4v) is 2.05. The van der Waals surface area contributed by atoms with Crippen molar-refractivity contribution < 1.29 is 9.59 Å². The first kappa shape index (κ1) is 12.9. The van der Waals surface area contributed by atoms with E-state index in [0.29, 0.717) is 6.54 Å². The van der Waals surface area contributed by atoms with Crippen LogP contribution in [0.3, 0.4) is 0 Å². The van der Waals surface area contributed by atoms with Gasteiger partial charge in [0.05, 0.1) is 6.04 Å². The van der Waals surface area contributed by atoms with Gasteiger partial charge in [-0.3, -0.25) is 15.0 Å². The molecule has 0 aliphatic carbocycles. The van der Waals surface area contributed by atoms with Crippen molar-refractivity contribution in [3.05, 3.63) is 0 Å². The van der Waals surface area contributed by atoms with E-state index in [4.69, 9.17) is 5.73 Å². The molecule has 3 amide bonds. The molecule has 0 aromatic heterocycles. The fourth-order valence-electron chi connectivity index (χ4n) is 2.05. The molecule has 1 aliphatic heterocycles. The Morgan fingerprint density at radius 2 is 2.25 bits per heavy atom. The number of carbonyl (C=O) groups is 2. The molecule has 1 aliphatic rings. The minimum absolute atomic E-state index is 0.255. The van der Waals surface area contributed by atoms with Crippen LogP contribution in [0.25, 0.3) is 0 Å². The summed E-state index contributed by atoms with van der Waals surface area (Å²) in [7, 11) is 1.48. The molecule has 2 atom stereocenters. The Labute approximate surface area is 95.5 Å². The summed E-state index contributed by atoms with van der Waals surface area (Å²) in [6.45, 7) is 3.22. The quantitative estimate of drug-likeness (QED) is 0.593. The summed E-state index contributed by atoms with van der Waals surface area (Å²) >= 11 is 0. The maximum absolute atomic E-state index is 11.7. The standard InChI is InChI=1S/C10H20N4O2/c1-7(9(15)13-10(16)12-2)14-5-3-4-8(14)6-11/h7-8H,3-6,11H2,1-2H3,(H2,12,13,15,16). The molecule has 16 heavy (non-hydrogen) atoms. The van der Waals surface area contributed by atoms with E-state index in [2.05, 4.69) is 15.5 Å². The van der Waals surface area contributed by atoms with Crippen molar-refractivity contribution in [3.8, 4) is 0 Å². The van der Waals surface area contributed by atoms with E-state index in [-0.39, 0.29) is 18.0 Å². The summed E-state index contributed by atoms with van der Waals surface area (Å²) in [4.78, 5) is 24.8. The zero-order valence-corrected chi connectivity index (χ0v) is 9.82. The van der Waals surface area contributed by atoms with E-state index in [0.717, 1.165) is 19.4 Å². The van der Waals surface area contributed by atoms with Crippen molar-refractivity contribution in [1.82, 2.24) is 15.5 Å². The largest absolute Gasteiger partial charge is 0.341 e. The molecule has 92 valence electrons. The van der Waals surface area contributed by atoms with Crippen LogP contribution < -0.4 is 16.4 Å². The van der Waals surface area contributed by atoms with Gasteiger partial charge in [0.15, 0.2) is 0 Å². The highest BCUT2D eigenvalue weighted by Crippen LogP contribution is 2.18. The van der Waals surface area contributed by atoms with E-state index in [9.17, 15) is 9.59 Å². The van der Waals surface area contributed by atoms with Gasteiger partial charge in [-0.2, -0.15) is 0 Å². The van der Waals surface area contributed by atoms with Crippen molar-refractivity contribution in [2.45, 2.75) is 31.8 Å². The van der Waals surface area contributed by atoms with Gasteiger partial charge in [0.25, 0.3) is 0 Å². The summed E-state index contributed by atoms with van der Waals surface area (Å²) < 4.78 is 0. The van der Waals surface area contributed by atoms with Crippen LogP contribution in [0.5, 0.6) is 0 Å². The van der Waals surface area contributed by atoms with Crippen LogP contribution in [0.15, 0.2) is 0 Å². The second-order valence-electron chi connectivity index (χ2n) is 4.01. The lowest BCUT2D eigenvalue weighted by Gasteiger charge is -2.28. The van der Waals surface area contributed by atoms with E-state index in [1.807, 2.05) is 0 Å². The van der Waals surface area contributed by atoms with Crippen molar-refractivity contribution >= 4 is 11.9 Å². The number of amides is 3. The molecule has 2 unspecified atom stereocenters. The first-order valence-corrected chi connectivity index (χ1v) is 5.58. The number of nitrogens with one attached hydrogen (secondary N) is 2. The number of hydrogen-bond acceptors (Lipinski definition) is 4. The Morgan fingerprint density at radius 1 is 1.56 bits per heavy atom. The lowest BCUT2D eigenvalue weighted by molar-refractivity contribution is -0.125. The highest BCUT2D eigenvalue weighted by molar-refractivity contribution is 5.96. The summed E-state index contributed by atoms with van der Waals surface area (Å²) in [6.07, 6.45) is 2.08. The van der Waals surface area contributed by atoms with E-state index in [1.54, 1.807) is 6.92 Å². The number of urea groups is 1. The number of hydrogen-bond donors (Lipinski definition) is 3. The molecule has 4 N–H and O–H groups in total. The zero-order valence-electron chi connectivity index (χ0n) is 9.82. The van der Waals surface area contributed by atoms with Crippen LogP contribution in [0.1, 0.15) is 19.8 Å². The number of likely N-dealkylation sites (tertiary alicyclic amines) is 1. The summed E-state index contributed by atoms with van der Waals surface area (Å²) in [5, 5.41) is 4.63. The molecule has 0 aromatic carbocycles. The van der Waals surface area contributed by atoms with Gasteiger partial charge in [0.2, 0.25) is 5.91 Å². The second-order valence-corrected chi connectivity index (χ2v) is 4.01.